The molecular weight excluding hydrogens is 240 g/mol. The first-order valence-corrected chi connectivity index (χ1v) is 7.89. The van der Waals surface area contributed by atoms with Gasteiger partial charge in [0.2, 0.25) is 0 Å². The van der Waals surface area contributed by atoms with E-state index in [-0.39, 0.29) is 0 Å². The van der Waals surface area contributed by atoms with Crippen molar-refractivity contribution < 1.29 is 0 Å². The molecule has 0 aromatic heterocycles. The molecular formula is C20H24. The van der Waals surface area contributed by atoms with Crippen LogP contribution in [0.4, 0.5) is 0 Å². The van der Waals surface area contributed by atoms with Gasteiger partial charge in [-0.05, 0) is 74.6 Å². The molecule has 0 nitrogen and oxygen atoms in total. The van der Waals surface area contributed by atoms with Gasteiger partial charge in [0.15, 0.2) is 0 Å². The zero-order valence-corrected chi connectivity index (χ0v) is 12.7. The van der Waals surface area contributed by atoms with Crippen LogP contribution >= 0.6 is 0 Å². The van der Waals surface area contributed by atoms with Crippen molar-refractivity contribution in [2.24, 2.45) is 0 Å². The molecule has 20 heavy (non-hydrogen) atoms. The van der Waals surface area contributed by atoms with E-state index in [9.17, 15) is 0 Å². The van der Waals surface area contributed by atoms with E-state index in [1.807, 2.05) is 0 Å². The highest BCUT2D eigenvalue weighted by Gasteiger charge is 2.09. The van der Waals surface area contributed by atoms with Gasteiger partial charge in [0.25, 0.3) is 0 Å². The van der Waals surface area contributed by atoms with Crippen molar-refractivity contribution in [2.45, 2.75) is 52.4 Å². The van der Waals surface area contributed by atoms with Gasteiger partial charge in [-0.15, -0.1) is 0 Å². The van der Waals surface area contributed by atoms with Crippen molar-refractivity contribution in [3.63, 3.8) is 0 Å². The molecule has 0 fully saturated rings. The van der Waals surface area contributed by atoms with Crippen LogP contribution in [-0.4, -0.2) is 0 Å². The summed E-state index contributed by atoms with van der Waals surface area (Å²) in [6, 6.07) is 13.6. The fraction of sp³-hybridized carbons (Fsp3) is 0.400. The molecule has 0 atom stereocenters. The van der Waals surface area contributed by atoms with Gasteiger partial charge in [0, 0.05) is 0 Å². The Morgan fingerprint density at radius 3 is 1.40 bits per heavy atom. The Hall–Kier alpha value is -1.56. The average Bonchev–Trinajstić information content (AvgIpc) is 3.06. The molecule has 2 aromatic carbocycles. The van der Waals surface area contributed by atoms with Gasteiger partial charge in [-0.1, -0.05) is 47.5 Å². The SMILES string of the molecule is Cc1ccc2c(c1)CCC2.Cc1ccc2c(c1)CCC2. The Morgan fingerprint density at radius 1 is 0.550 bits per heavy atom. The maximum absolute atomic E-state index is 2.32. The van der Waals surface area contributed by atoms with Gasteiger partial charge in [0.05, 0.1) is 0 Å². The summed E-state index contributed by atoms with van der Waals surface area (Å²) in [7, 11) is 0. The average molecular weight is 264 g/mol. The minimum absolute atomic E-state index is 1.30. The lowest BCUT2D eigenvalue weighted by Gasteiger charge is -1.98. The molecule has 0 N–H and O–H groups in total. The summed E-state index contributed by atoms with van der Waals surface area (Å²) in [4.78, 5) is 0. The first-order chi connectivity index (χ1) is 9.72. The first kappa shape index (κ1) is 13.4. The summed E-state index contributed by atoms with van der Waals surface area (Å²) in [6.45, 7) is 4.33. The second-order valence-corrected chi connectivity index (χ2v) is 6.25. The number of aryl methyl sites for hydroxylation is 6. The zero-order chi connectivity index (χ0) is 13.9. The summed E-state index contributed by atoms with van der Waals surface area (Å²) in [5, 5.41) is 0. The summed E-state index contributed by atoms with van der Waals surface area (Å²) in [5.41, 5.74) is 9.12. The molecule has 0 saturated heterocycles. The van der Waals surface area contributed by atoms with Gasteiger partial charge in [0.1, 0.15) is 0 Å². The molecule has 0 heteroatoms. The lowest BCUT2D eigenvalue weighted by Crippen LogP contribution is -1.81. The van der Waals surface area contributed by atoms with E-state index in [1.165, 1.54) is 49.7 Å². The molecule has 0 heterocycles. The topological polar surface area (TPSA) is 0 Å². The molecule has 0 amide bonds. The van der Waals surface area contributed by atoms with Crippen molar-refractivity contribution in [3.05, 3.63) is 69.8 Å². The third-order valence-electron chi connectivity index (χ3n) is 4.51. The highest BCUT2D eigenvalue weighted by atomic mass is 14.1. The van der Waals surface area contributed by atoms with Crippen LogP contribution in [0.5, 0.6) is 0 Å². The molecule has 4 rings (SSSR count). The van der Waals surface area contributed by atoms with Gasteiger partial charge in [-0.25, -0.2) is 0 Å². The Kier molecular flexibility index (Phi) is 3.91. The molecule has 104 valence electrons. The minimum Gasteiger partial charge on any atom is -0.0590 e. The Labute approximate surface area is 122 Å². The second-order valence-electron chi connectivity index (χ2n) is 6.25. The molecule has 0 aliphatic heterocycles. The van der Waals surface area contributed by atoms with E-state index >= 15 is 0 Å². The first-order valence-electron chi connectivity index (χ1n) is 7.89. The third kappa shape index (κ3) is 2.95. The third-order valence-corrected chi connectivity index (χ3v) is 4.51. The number of benzene rings is 2. The molecule has 0 saturated carbocycles. The van der Waals surface area contributed by atoms with Crippen LogP contribution in [0.3, 0.4) is 0 Å². The molecule has 2 aromatic rings. The Balaban J connectivity index is 0.000000121. The highest BCUT2D eigenvalue weighted by Crippen LogP contribution is 2.22. The summed E-state index contributed by atoms with van der Waals surface area (Å²) in [5.74, 6) is 0. The molecule has 2 aliphatic rings. The number of hydrogen-bond donors (Lipinski definition) is 0. The predicted molar refractivity (Wildman–Crippen MR) is 86.4 cm³/mol. The molecule has 0 unspecified atom stereocenters. The molecule has 2 aliphatic carbocycles. The van der Waals surface area contributed by atoms with E-state index in [2.05, 4.69) is 50.2 Å². The summed E-state index contributed by atoms with van der Waals surface area (Å²) in [6.07, 6.45) is 7.93. The van der Waals surface area contributed by atoms with Gasteiger partial charge in [-0.3, -0.25) is 0 Å². The second kappa shape index (κ2) is 5.83. The van der Waals surface area contributed by atoms with Crippen molar-refractivity contribution in [2.75, 3.05) is 0 Å². The molecule has 0 radical (unpaired) electrons. The van der Waals surface area contributed by atoms with Crippen LogP contribution in [0.15, 0.2) is 36.4 Å². The van der Waals surface area contributed by atoms with E-state index in [1.54, 1.807) is 22.3 Å². The van der Waals surface area contributed by atoms with Crippen LogP contribution in [0.2, 0.25) is 0 Å². The number of fused-ring (bicyclic) bond motifs is 2. The van der Waals surface area contributed by atoms with E-state index in [0.29, 0.717) is 0 Å². The standard InChI is InChI=1S/2C10H12/c2*1-8-5-6-9-3-2-4-10(9)7-8/h2*5-7H,2-4H2,1H3. The van der Waals surface area contributed by atoms with Crippen LogP contribution < -0.4 is 0 Å². The lowest BCUT2D eigenvalue weighted by molar-refractivity contribution is 0.911. The van der Waals surface area contributed by atoms with Crippen LogP contribution in [-0.2, 0) is 25.7 Å². The normalized spacial score (nSPS) is 15.3. The summed E-state index contributed by atoms with van der Waals surface area (Å²) >= 11 is 0. The summed E-state index contributed by atoms with van der Waals surface area (Å²) < 4.78 is 0. The minimum atomic E-state index is 1.30. The monoisotopic (exact) mass is 264 g/mol. The van der Waals surface area contributed by atoms with E-state index in [4.69, 9.17) is 0 Å². The van der Waals surface area contributed by atoms with E-state index < -0.39 is 0 Å². The van der Waals surface area contributed by atoms with Gasteiger partial charge < -0.3 is 0 Å². The maximum atomic E-state index is 2.32. The van der Waals surface area contributed by atoms with Crippen molar-refractivity contribution >= 4 is 0 Å². The lowest BCUT2D eigenvalue weighted by atomic mass is 10.1. The van der Waals surface area contributed by atoms with Crippen LogP contribution in [0, 0.1) is 13.8 Å². The van der Waals surface area contributed by atoms with Crippen molar-refractivity contribution in [1.82, 2.24) is 0 Å². The number of hydrogen-bond acceptors (Lipinski definition) is 0. The van der Waals surface area contributed by atoms with Crippen LogP contribution in [0.1, 0.15) is 46.2 Å². The predicted octanol–water partition coefficient (Wildman–Crippen LogP) is 4.97. The Morgan fingerprint density at radius 2 is 0.950 bits per heavy atom. The highest BCUT2D eigenvalue weighted by molar-refractivity contribution is 5.35. The molecule has 0 spiro atoms. The fourth-order valence-electron chi connectivity index (χ4n) is 3.40. The van der Waals surface area contributed by atoms with Crippen molar-refractivity contribution in [1.29, 1.82) is 0 Å². The van der Waals surface area contributed by atoms with Crippen LogP contribution in [0.25, 0.3) is 0 Å². The maximum Gasteiger partial charge on any atom is -0.0273 e. The quantitative estimate of drug-likeness (QED) is 0.630. The molecule has 0 bridgehead atoms. The number of rotatable bonds is 0. The zero-order valence-electron chi connectivity index (χ0n) is 12.7. The van der Waals surface area contributed by atoms with Gasteiger partial charge in [-0.2, -0.15) is 0 Å². The smallest absolute Gasteiger partial charge is 0.0273 e. The fourth-order valence-corrected chi connectivity index (χ4v) is 3.40. The largest absolute Gasteiger partial charge is 0.0590 e. The van der Waals surface area contributed by atoms with E-state index in [0.717, 1.165) is 0 Å². The van der Waals surface area contributed by atoms with Gasteiger partial charge >= 0.3 is 0 Å². The Bertz CT molecular complexity index is 552. The van der Waals surface area contributed by atoms with Crippen molar-refractivity contribution in [3.8, 4) is 0 Å².